The van der Waals surface area contributed by atoms with Crippen LogP contribution in [0.15, 0.2) is 47.3 Å². The summed E-state index contributed by atoms with van der Waals surface area (Å²) in [6.07, 6.45) is 5.70. The van der Waals surface area contributed by atoms with Crippen molar-refractivity contribution in [1.29, 1.82) is 0 Å². The number of tetrazole rings is 1. The maximum Gasteiger partial charge on any atom is 0.253 e. The van der Waals surface area contributed by atoms with Crippen LogP contribution in [0.5, 0.6) is 17.2 Å². The normalized spacial score (nSPS) is 19.0. The number of aromatic amines is 1. The monoisotopic (exact) mass is 557 g/mol. The van der Waals surface area contributed by atoms with E-state index in [9.17, 15) is 4.79 Å². The number of hydrogen-bond donors (Lipinski definition) is 1. The molecule has 4 heterocycles. The first-order chi connectivity index (χ1) is 20.2. The molecule has 11 heteroatoms. The second kappa shape index (κ2) is 11.1. The zero-order valence-electron chi connectivity index (χ0n) is 23.3. The van der Waals surface area contributed by atoms with Crippen molar-refractivity contribution in [3.8, 4) is 17.2 Å². The van der Waals surface area contributed by atoms with Crippen molar-refractivity contribution in [1.82, 2.24) is 35.0 Å². The molecule has 3 aliphatic rings. The highest BCUT2D eigenvalue weighted by molar-refractivity contribution is 5.80. The molecular weight excluding hydrogens is 522 g/mol. The van der Waals surface area contributed by atoms with E-state index in [4.69, 9.17) is 14.2 Å². The Labute approximate surface area is 238 Å². The first-order valence-electron chi connectivity index (χ1n) is 14.5. The van der Waals surface area contributed by atoms with Gasteiger partial charge in [0, 0.05) is 49.2 Å². The Morgan fingerprint density at radius 2 is 1.83 bits per heavy atom. The lowest BCUT2D eigenvalue weighted by Gasteiger charge is -2.39. The maximum absolute atomic E-state index is 13.6. The molecule has 1 saturated carbocycles. The van der Waals surface area contributed by atoms with E-state index in [1.165, 1.54) is 24.8 Å². The highest BCUT2D eigenvalue weighted by Crippen LogP contribution is 2.35. The number of rotatable bonds is 7. The molecule has 11 nitrogen and oxygen atoms in total. The van der Waals surface area contributed by atoms with E-state index in [-0.39, 0.29) is 24.4 Å². The highest BCUT2D eigenvalue weighted by Gasteiger charge is 2.34. The zero-order chi connectivity index (χ0) is 27.8. The SMILES string of the molecule is COc1ccc2[nH]c(=O)c(C(c3nnnn3C3CCCCC3)N3CCN(Cc4ccc5c(c4)OCO5)CC3)cc2c1. The van der Waals surface area contributed by atoms with Gasteiger partial charge in [-0.1, -0.05) is 25.3 Å². The van der Waals surface area contributed by atoms with E-state index < -0.39 is 0 Å². The molecule has 0 radical (unpaired) electrons. The molecule has 7 rings (SSSR count). The van der Waals surface area contributed by atoms with Crippen LogP contribution in [0.3, 0.4) is 0 Å². The van der Waals surface area contributed by atoms with Gasteiger partial charge in [0.2, 0.25) is 6.79 Å². The Balaban J connectivity index is 1.20. The lowest BCUT2D eigenvalue weighted by molar-refractivity contribution is 0.0982. The van der Waals surface area contributed by atoms with E-state index in [1.54, 1.807) is 7.11 Å². The van der Waals surface area contributed by atoms with Crippen molar-refractivity contribution < 1.29 is 14.2 Å². The van der Waals surface area contributed by atoms with Crippen molar-refractivity contribution in [2.24, 2.45) is 0 Å². The Hall–Kier alpha value is -3.96. The molecule has 0 amide bonds. The van der Waals surface area contributed by atoms with Gasteiger partial charge in [0.1, 0.15) is 11.8 Å². The summed E-state index contributed by atoms with van der Waals surface area (Å²) in [5, 5.41) is 14.1. The number of aromatic nitrogens is 5. The van der Waals surface area contributed by atoms with E-state index in [0.717, 1.165) is 79.5 Å². The smallest absolute Gasteiger partial charge is 0.253 e. The zero-order valence-corrected chi connectivity index (χ0v) is 23.3. The van der Waals surface area contributed by atoms with E-state index in [0.29, 0.717) is 5.56 Å². The van der Waals surface area contributed by atoms with Crippen LogP contribution in [0.1, 0.15) is 61.1 Å². The van der Waals surface area contributed by atoms with Crippen molar-refractivity contribution in [2.75, 3.05) is 40.1 Å². The summed E-state index contributed by atoms with van der Waals surface area (Å²) in [4.78, 5) is 21.5. The number of fused-ring (bicyclic) bond motifs is 2. The summed E-state index contributed by atoms with van der Waals surface area (Å²) in [5.41, 5.74) is 2.51. The van der Waals surface area contributed by atoms with Crippen LogP contribution in [0.2, 0.25) is 0 Å². The van der Waals surface area contributed by atoms with Gasteiger partial charge in [-0.05, 0) is 65.2 Å². The summed E-state index contributed by atoms with van der Waals surface area (Å²) in [6, 6.07) is 13.7. The second-order valence-corrected chi connectivity index (χ2v) is 11.2. The lowest BCUT2D eigenvalue weighted by atomic mass is 9.95. The summed E-state index contributed by atoms with van der Waals surface area (Å²) >= 11 is 0. The van der Waals surface area contributed by atoms with Gasteiger partial charge in [0.25, 0.3) is 5.56 Å². The molecule has 0 spiro atoms. The number of methoxy groups -OCH3 is 1. The van der Waals surface area contributed by atoms with Crippen molar-refractivity contribution in [3.63, 3.8) is 0 Å². The molecule has 2 aliphatic heterocycles. The summed E-state index contributed by atoms with van der Waals surface area (Å²) < 4.78 is 18.5. The third-order valence-electron chi connectivity index (χ3n) is 8.67. The fourth-order valence-electron chi connectivity index (χ4n) is 6.47. The van der Waals surface area contributed by atoms with E-state index in [1.807, 2.05) is 35.0 Å². The number of H-pyrrole nitrogens is 1. The molecule has 41 heavy (non-hydrogen) atoms. The van der Waals surface area contributed by atoms with Gasteiger partial charge in [-0.2, -0.15) is 0 Å². The van der Waals surface area contributed by atoms with E-state index in [2.05, 4.69) is 42.4 Å². The maximum atomic E-state index is 13.6. The average molecular weight is 558 g/mol. The van der Waals surface area contributed by atoms with Crippen molar-refractivity contribution in [3.05, 3.63) is 69.8 Å². The first kappa shape index (κ1) is 26.0. The molecule has 1 aliphatic carbocycles. The second-order valence-electron chi connectivity index (χ2n) is 11.2. The molecule has 2 aromatic heterocycles. The quantitative estimate of drug-likeness (QED) is 0.364. The van der Waals surface area contributed by atoms with Gasteiger partial charge in [0.05, 0.1) is 13.2 Å². The lowest BCUT2D eigenvalue weighted by Crippen LogP contribution is -2.48. The predicted octanol–water partition coefficient (Wildman–Crippen LogP) is 3.66. The van der Waals surface area contributed by atoms with Gasteiger partial charge < -0.3 is 19.2 Å². The van der Waals surface area contributed by atoms with Crippen LogP contribution in [0.4, 0.5) is 0 Å². The van der Waals surface area contributed by atoms with Gasteiger partial charge in [-0.15, -0.1) is 5.10 Å². The molecule has 1 N–H and O–H groups in total. The number of piperazine rings is 1. The highest BCUT2D eigenvalue weighted by atomic mass is 16.7. The Bertz CT molecular complexity index is 1590. The number of nitrogens with one attached hydrogen (secondary N) is 1. The molecule has 214 valence electrons. The minimum absolute atomic E-state index is 0.117. The van der Waals surface area contributed by atoms with Crippen LogP contribution in [-0.4, -0.2) is 75.1 Å². The van der Waals surface area contributed by atoms with Crippen LogP contribution in [-0.2, 0) is 6.54 Å². The number of benzene rings is 2. The number of hydrogen-bond acceptors (Lipinski definition) is 9. The fraction of sp³-hybridized carbons (Fsp3) is 0.467. The third kappa shape index (κ3) is 5.15. The van der Waals surface area contributed by atoms with Gasteiger partial charge in [-0.3, -0.25) is 14.6 Å². The Morgan fingerprint density at radius 1 is 1.00 bits per heavy atom. The minimum Gasteiger partial charge on any atom is -0.497 e. The molecule has 2 aromatic carbocycles. The van der Waals surface area contributed by atoms with Crippen LogP contribution < -0.4 is 19.8 Å². The van der Waals surface area contributed by atoms with Gasteiger partial charge in [-0.25, -0.2) is 4.68 Å². The van der Waals surface area contributed by atoms with Crippen LogP contribution in [0.25, 0.3) is 10.9 Å². The molecular formula is C30H35N7O4. The molecule has 1 saturated heterocycles. The summed E-state index contributed by atoms with van der Waals surface area (Å²) in [6.45, 7) is 4.38. The topological polar surface area (TPSA) is 111 Å². The number of nitrogens with zero attached hydrogens (tertiary/aromatic N) is 6. The first-order valence-corrected chi connectivity index (χ1v) is 14.5. The molecule has 1 atom stereocenters. The largest absolute Gasteiger partial charge is 0.497 e. The van der Waals surface area contributed by atoms with Crippen LogP contribution >= 0.6 is 0 Å². The van der Waals surface area contributed by atoms with E-state index >= 15 is 0 Å². The van der Waals surface area contributed by atoms with Gasteiger partial charge in [0.15, 0.2) is 17.3 Å². The van der Waals surface area contributed by atoms with Crippen molar-refractivity contribution in [2.45, 2.75) is 50.7 Å². The van der Waals surface area contributed by atoms with Crippen LogP contribution in [0, 0.1) is 0 Å². The predicted molar refractivity (Wildman–Crippen MR) is 152 cm³/mol. The standard InChI is InChI=1S/C30H35N7O4/c1-39-23-8-9-25-21(16-23)17-24(30(38)31-25)28(29-32-33-34-37(29)22-5-3-2-4-6-22)36-13-11-35(12-14-36)18-20-7-10-26-27(15-20)41-19-40-26/h7-10,15-17,22,28H,2-6,11-14,18-19H2,1H3,(H,31,38). The summed E-state index contributed by atoms with van der Waals surface area (Å²) in [5.74, 6) is 3.10. The summed E-state index contributed by atoms with van der Waals surface area (Å²) in [7, 11) is 1.65. The minimum atomic E-state index is -0.362. The number of pyridine rings is 1. The van der Waals surface area contributed by atoms with Crippen molar-refractivity contribution >= 4 is 10.9 Å². The fourth-order valence-corrected chi connectivity index (χ4v) is 6.47. The number of ether oxygens (including phenoxy) is 3. The molecule has 2 fully saturated rings. The Kier molecular flexibility index (Phi) is 7.05. The average Bonchev–Trinajstić information content (AvgIpc) is 3.68. The molecule has 0 bridgehead atoms. The van der Waals surface area contributed by atoms with Gasteiger partial charge >= 0.3 is 0 Å². The molecule has 1 unspecified atom stereocenters. The molecule has 4 aromatic rings. The third-order valence-corrected chi connectivity index (χ3v) is 8.67. The Morgan fingerprint density at radius 3 is 2.66 bits per heavy atom.